The van der Waals surface area contributed by atoms with Crippen LogP contribution in [0.25, 0.3) is 10.2 Å². The second kappa shape index (κ2) is 7.23. The van der Waals surface area contributed by atoms with Crippen molar-refractivity contribution >= 4 is 21.6 Å². The average molecular weight is 369 g/mol. The fraction of sp³-hybridized carbons (Fsp3) is 0.429. The lowest BCUT2D eigenvalue weighted by Crippen LogP contribution is -2.25. The first-order valence-electron chi connectivity index (χ1n) is 9.34. The number of aromatic nitrogens is 2. The Balaban J connectivity index is 1.51. The van der Waals surface area contributed by atoms with Crippen molar-refractivity contribution in [3.8, 4) is 5.75 Å². The zero-order valence-electron chi connectivity index (χ0n) is 15.4. The Kier molecular flexibility index (Phi) is 4.81. The van der Waals surface area contributed by atoms with E-state index in [1.54, 1.807) is 11.3 Å². The lowest BCUT2D eigenvalue weighted by atomic mass is 9.97. The molecule has 0 aliphatic heterocycles. The Labute approximate surface area is 157 Å². The topological polar surface area (TPSA) is 44.1 Å². The van der Waals surface area contributed by atoms with Gasteiger partial charge in [-0.2, -0.15) is 0 Å². The van der Waals surface area contributed by atoms with E-state index in [1.807, 2.05) is 35.8 Å². The van der Waals surface area contributed by atoms with Gasteiger partial charge in [-0.05, 0) is 63.6 Å². The minimum absolute atomic E-state index is 0.127. The molecular weight excluding hydrogens is 344 g/mol. The Morgan fingerprint density at radius 3 is 2.73 bits per heavy atom. The van der Waals surface area contributed by atoms with Gasteiger partial charge in [0.05, 0.1) is 12.0 Å². The lowest BCUT2D eigenvalue weighted by molar-refractivity contribution is 0.300. The van der Waals surface area contributed by atoms with Crippen molar-refractivity contribution in [1.82, 2.24) is 9.55 Å². The SMILES string of the molecule is Cc1ccc(OCCCn2c(C)nc3sc4c(c3c2=O)CCCC4)cc1. The number of nitrogens with zero attached hydrogens (tertiary/aromatic N) is 2. The quantitative estimate of drug-likeness (QED) is 0.626. The average Bonchev–Trinajstić information content (AvgIpc) is 3.00. The van der Waals surface area contributed by atoms with Gasteiger partial charge in [0.25, 0.3) is 5.56 Å². The molecule has 2 aromatic heterocycles. The smallest absolute Gasteiger partial charge is 0.262 e. The number of benzene rings is 1. The summed E-state index contributed by atoms with van der Waals surface area (Å²) >= 11 is 1.71. The molecule has 3 aromatic rings. The van der Waals surface area contributed by atoms with Crippen molar-refractivity contribution in [1.29, 1.82) is 0 Å². The first-order valence-corrected chi connectivity index (χ1v) is 10.2. The Morgan fingerprint density at radius 2 is 1.92 bits per heavy atom. The molecule has 0 amide bonds. The molecule has 1 aliphatic carbocycles. The highest BCUT2D eigenvalue weighted by atomic mass is 32.1. The van der Waals surface area contributed by atoms with E-state index in [1.165, 1.54) is 28.8 Å². The van der Waals surface area contributed by atoms with Crippen LogP contribution in [0.1, 0.15) is 41.1 Å². The van der Waals surface area contributed by atoms with Crippen LogP contribution in [0.3, 0.4) is 0 Å². The van der Waals surface area contributed by atoms with Gasteiger partial charge in [-0.15, -0.1) is 11.3 Å². The van der Waals surface area contributed by atoms with Crippen LogP contribution in [-0.4, -0.2) is 16.2 Å². The van der Waals surface area contributed by atoms with Crippen LogP contribution in [0.15, 0.2) is 29.1 Å². The summed E-state index contributed by atoms with van der Waals surface area (Å²) in [6.07, 6.45) is 5.30. The fourth-order valence-electron chi connectivity index (χ4n) is 3.65. The predicted molar refractivity (Wildman–Crippen MR) is 107 cm³/mol. The van der Waals surface area contributed by atoms with Crippen molar-refractivity contribution in [3.05, 3.63) is 56.4 Å². The van der Waals surface area contributed by atoms with Crippen LogP contribution in [0.5, 0.6) is 5.75 Å². The second-order valence-electron chi connectivity index (χ2n) is 7.02. The molecule has 4 nitrogen and oxygen atoms in total. The molecule has 0 saturated carbocycles. The molecule has 26 heavy (non-hydrogen) atoms. The molecule has 4 rings (SSSR count). The van der Waals surface area contributed by atoms with Gasteiger partial charge in [0, 0.05) is 11.4 Å². The first kappa shape index (κ1) is 17.3. The molecule has 5 heteroatoms. The summed E-state index contributed by atoms with van der Waals surface area (Å²) in [5, 5.41) is 0.870. The van der Waals surface area contributed by atoms with Crippen LogP contribution >= 0.6 is 11.3 Å². The third-order valence-electron chi connectivity index (χ3n) is 5.08. The molecule has 0 N–H and O–H groups in total. The van der Waals surface area contributed by atoms with Crippen LogP contribution in [0, 0.1) is 13.8 Å². The highest BCUT2D eigenvalue weighted by molar-refractivity contribution is 7.18. The summed E-state index contributed by atoms with van der Waals surface area (Å²) in [5.41, 5.74) is 2.61. The number of rotatable bonds is 5. The number of ether oxygens (including phenoxy) is 1. The third-order valence-corrected chi connectivity index (χ3v) is 6.27. The number of aryl methyl sites for hydroxylation is 4. The normalized spacial score (nSPS) is 13.8. The fourth-order valence-corrected chi connectivity index (χ4v) is 4.95. The Bertz CT molecular complexity index is 986. The zero-order valence-corrected chi connectivity index (χ0v) is 16.2. The molecule has 0 fully saturated rings. The van der Waals surface area contributed by atoms with Gasteiger partial charge in [-0.1, -0.05) is 17.7 Å². The van der Waals surface area contributed by atoms with Crippen molar-refractivity contribution in [2.75, 3.05) is 6.61 Å². The van der Waals surface area contributed by atoms with E-state index in [2.05, 4.69) is 6.92 Å². The molecule has 136 valence electrons. The van der Waals surface area contributed by atoms with Gasteiger partial charge in [0.15, 0.2) is 0 Å². The maximum absolute atomic E-state index is 13.1. The molecule has 1 aromatic carbocycles. The van der Waals surface area contributed by atoms with Gasteiger partial charge >= 0.3 is 0 Å². The predicted octanol–water partition coefficient (Wildman–Crippen LogP) is 4.42. The van der Waals surface area contributed by atoms with Gasteiger partial charge in [-0.3, -0.25) is 9.36 Å². The molecular formula is C21H24N2O2S. The molecule has 0 unspecified atom stereocenters. The minimum atomic E-state index is 0.127. The van der Waals surface area contributed by atoms with E-state index in [4.69, 9.17) is 9.72 Å². The molecule has 0 bridgehead atoms. The summed E-state index contributed by atoms with van der Waals surface area (Å²) in [7, 11) is 0. The first-order chi connectivity index (χ1) is 12.6. The van der Waals surface area contributed by atoms with Crippen molar-refractivity contribution in [2.45, 2.75) is 52.5 Å². The number of hydrogen-bond acceptors (Lipinski definition) is 4. The van der Waals surface area contributed by atoms with E-state index >= 15 is 0 Å². The Morgan fingerprint density at radius 1 is 1.15 bits per heavy atom. The number of thiophene rings is 1. The number of fused-ring (bicyclic) bond motifs is 3. The van der Waals surface area contributed by atoms with Crippen molar-refractivity contribution in [3.63, 3.8) is 0 Å². The van der Waals surface area contributed by atoms with Gasteiger partial charge in [-0.25, -0.2) is 4.98 Å². The molecule has 1 aliphatic rings. The Hall–Kier alpha value is -2.14. The van der Waals surface area contributed by atoms with Crippen molar-refractivity contribution in [2.24, 2.45) is 0 Å². The maximum Gasteiger partial charge on any atom is 0.262 e. The molecule has 2 heterocycles. The van der Waals surface area contributed by atoms with E-state index < -0.39 is 0 Å². The summed E-state index contributed by atoms with van der Waals surface area (Å²) in [5.74, 6) is 1.68. The molecule has 0 radical (unpaired) electrons. The van der Waals surface area contributed by atoms with Gasteiger partial charge < -0.3 is 4.74 Å². The maximum atomic E-state index is 13.1. The molecule has 0 spiro atoms. The molecule has 0 saturated heterocycles. The molecule has 0 atom stereocenters. The van der Waals surface area contributed by atoms with E-state index in [0.29, 0.717) is 13.2 Å². The van der Waals surface area contributed by atoms with Crippen molar-refractivity contribution < 1.29 is 4.74 Å². The van der Waals surface area contributed by atoms with E-state index in [9.17, 15) is 4.79 Å². The largest absolute Gasteiger partial charge is 0.494 e. The van der Waals surface area contributed by atoms with Gasteiger partial charge in [0.2, 0.25) is 0 Å². The highest BCUT2D eigenvalue weighted by Gasteiger charge is 2.20. The second-order valence-corrected chi connectivity index (χ2v) is 8.11. The third kappa shape index (κ3) is 3.28. The minimum Gasteiger partial charge on any atom is -0.494 e. The zero-order chi connectivity index (χ0) is 18.1. The van der Waals surface area contributed by atoms with Crippen LogP contribution < -0.4 is 10.3 Å². The van der Waals surface area contributed by atoms with Crippen LogP contribution in [0.4, 0.5) is 0 Å². The van der Waals surface area contributed by atoms with E-state index in [0.717, 1.165) is 41.1 Å². The lowest BCUT2D eigenvalue weighted by Gasteiger charge is -2.12. The monoisotopic (exact) mass is 368 g/mol. The van der Waals surface area contributed by atoms with Crippen LogP contribution in [-0.2, 0) is 19.4 Å². The van der Waals surface area contributed by atoms with Gasteiger partial charge in [0.1, 0.15) is 16.4 Å². The highest BCUT2D eigenvalue weighted by Crippen LogP contribution is 2.33. The van der Waals surface area contributed by atoms with E-state index in [-0.39, 0.29) is 5.56 Å². The number of hydrogen-bond donors (Lipinski definition) is 0. The summed E-state index contributed by atoms with van der Waals surface area (Å²) in [6.45, 7) is 5.23. The summed E-state index contributed by atoms with van der Waals surface area (Å²) < 4.78 is 7.61. The van der Waals surface area contributed by atoms with Crippen LogP contribution in [0.2, 0.25) is 0 Å². The standard InChI is InChI=1S/C21H24N2O2S/c1-14-8-10-16(11-9-14)25-13-5-12-23-15(2)22-20-19(21(23)24)17-6-3-4-7-18(17)26-20/h8-11H,3-7,12-13H2,1-2H3. The summed E-state index contributed by atoms with van der Waals surface area (Å²) in [4.78, 5) is 20.1. The summed E-state index contributed by atoms with van der Waals surface area (Å²) in [6, 6.07) is 8.05.